The minimum Gasteiger partial charge on any atom is -0.360 e. The summed E-state index contributed by atoms with van der Waals surface area (Å²) in [6.45, 7) is 3.54. The minimum absolute atomic E-state index is 0.0611. The maximum atomic E-state index is 11.6. The van der Waals surface area contributed by atoms with Gasteiger partial charge in [0, 0.05) is 31.4 Å². The van der Waals surface area contributed by atoms with Gasteiger partial charge in [-0.3, -0.25) is 9.59 Å². The molecule has 4 heteroatoms. The Bertz CT molecular complexity index is 439. The van der Waals surface area contributed by atoms with Crippen molar-refractivity contribution in [3.63, 3.8) is 0 Å². The van der Waals surface area contributed by atoms with Crippen molar-refractivity contribution in [3.8, 4) is 0 Å². The van der Waals surface area contributed by atoms with Gasteiger partial charge in [-0.05, 0) is 31.2 Å². The van der Waals surface area contributed by atoms with E-state index in [1.807, 2.05) is 24.1 Å². The first-order valence-corrected chi connectivity index (χ1v) is 5.68. The van der Waals surface area contributed by atoms with Crippen molar-refractivity contribution in [2.24, 2.45) is 0 Å². The lowest BCUT2D eigenvalue weighted by molar-refractivity contribution is -0.129. The lowest BCUT2D eigenvalue weighted by Crippen LogP contribution is -2.48. The average molecular weight is 232 g/mol. The average Bonchev–Trinajstić information content (AvgIpc) is 2.33. The molecule has 1 aromatic carbocycles. The third kappa shape index (κ3) is 2.46. The number of amides is 1. The highest BCUT2D eigenvalue weighted by Gasteiger charge is 2.20. The zero-order chi connectivity index (χ0) is 12.4. The van der Waals surface area contributed by atoms with Gasteiger partial charge in [0.2, 0.25) is 5.91 Å². The van der Waals surface area contributed by atoms with E-state index in [-0.39, 0.29) is 11.7 Å². The molecular formula is C13H16N2O2. The fourth-order valence-electron chi connectivity index (χ4n) is 1.89. The highest BCUT2D eigenvalue weighted by Crippen LogP contribution is 2.17. The molecule has 0 radical (unpaired) electrons. The minimum atomic E-state index is 0.0611. The normalized spacial score (nSPS) is 16.2. The van der Waals surface area contributed by atoms with Crippen LogP contribution in [-0.4, -0.2) is 43.3 Å². The second kappa shape index (κ2) is 4.57. The molecule has 1 aromatic rings. The molecule has 17 heavy (non-hydrogen) atoms. The smallest absolute Gasteiger partial charge is 0.241 e. The molecule has 1 amide bonds. The predicted octanol–water partition coefficient (Wildman–Crippen LogP) is 1.17. The van der Waals surface area contributed by atoms with Crippen molar-refractivity contribution < 1.29 is 9.59 Å². The van der Waals surface area contributed by atoms with Gasteiger partial charge in [-0.15, -0.1) is 0 Å². The summed E-state index contributed by atoms with van der Waals surface area (Å²) >= 11 is 0. The number of hydrogen-bond acceptors (Lipinski definition) is 3. The number of benzene rings is 1. The summed E-state index contributed by atoms with van der Waals surface area (Å²) in [5.41, 5.74) is 1.70. The SMILES string of the molecule is CC(=O)c1ccc(N2CCN(C)C(=O)C2)cc1. The number of rotatable bonds is 2. The first kappa shape index (κ1) is 11.6. The Morgan fingerprint density at radius 2 is 1.82 bits per heavy atom. The highest BCUT2D eigenvalue weighted by molar-refractivity contribution is 5.94. The Labute approximate surface area is 101 Å². The van der Waals surface area contributed by atoms with Crippen LogP contribution in [0.4, 0.5) is 5.69 Å². The Morgan fingerprint density at radius 3 is 2.35 bits per heavy atom. The number of piperazine rings is 1. The van der Waals surface area contributed by atoms with Crippen LogP contribution < -0.4 is 4.90 Å². The number of Topliss-reactive ketones (excluding diaryl/α,β-unsaturated/α-hetero) is 1. The van der Waals surface area contributed by atoms with Crippen LogP contribution in [0.3, 0.4) is 0 Å². The van der Waals surface area contributed by atoms with Crippen molar-refractivity contribution in [3.05, 3.63) is 29.8 Å². The van der Waals surface area contributed by atoms with E-state index in [4.69, 9.17) is 0 Å². The van der Waals surface area contributed by atoms with Crippen LogP contribution in [0.2, 0.25) is 0 Å². The molecule has 4 nitrogen and oxygen atoms in total. The molecule has 0 aromatic heterocycles. The number of ketones is 1. The Balaban J connectivity index is 2.13. The number of anilines is 1. The van der Waals surface area contributed by atoms with Crippen LogP contribution in [0.15, 0.2) is 24.3 Å². The van der Waals surface area contributed by atoms with Crippen molar-refractivity contribution in [2.75, 3.05) is 31.6 Å². The molecule has 0 bridgehead atoms. The molecule has 0 N–H and O–H groups in total. The van der Waals surface area contributed by atoms with Crippen molar-refractivity contribution in [1.29, 1.82) is 0 Å². The molecule has 0 aliphatic carbocycles. The Hall–Kier alpha value is -1.84. The van der Waals surface area contributed by atoms with Gasteiger partial charge in [-0.25, -0.2) is 0 Å². The van der Waals surface area contributed by atoms with E-state index in [9.17, 15) is 9.59 Å². The summed E-state index contributed by atoms with van der Waals surface area (Å²) in [5.74, 6) is 0.192. The fraction of sp³-hybridized carbons (Fsp3) is 0.385. The van der Waals surface area contributed by atoms with Gasteiger partial charge in [-0.1, -0.05) is 0 Å². The largest absolute Gasteiger partial charge is 0.360 e. The monoisotopic (exact) mass is 232 g/mol. The van der Waals surface area contributed by atoms with E-state index in [0.29, 0.717) is 12.1 Å². The first-order valence-electron chi connectivity index (χ1n) is 5.68. The first-order chi connectivity index (χ1) is 8.08. The Morgan fingerprint density at radius 1 is 1.18 bits per heavy atom. The van der Waals surface area contributed by atoms with Gasteiger partial charge in [0.15, 0.2) is 5.78 Å². The zero-order valence-corrected chi connectivity index (χ0v) is 10.1. The molecule has 0 unspecified atom stereocenters. The lowest BCUT2D eigenvalue weighted by atomic mass is 10.1. The molecular weight excluding hydrogens is 216 g/mol. The van der Waals surface area contributed by atoms with Gasteiger partial charge in [0.25, 0.3) is 0 Å². The molecule has 1 aliphatic heterocycles. The van der Waals surface area contributed by atoms with Crippen molar-refractivity contribution in [1.82, 2.24) is 4.90 Å². The van der Waals surface area contributed by atoms with Crippen LogP contribution in [0.1, 0.15) is 17.3 Å². The maximum absolute atomic E-state index is 11.6. The summed E-state index contributed by atoms with van der Waals surface area (Å²) in [6, 6.07) is 7.41. The van der Waals surface area contributed by atoms with E-state index in [1.165, 1.54) is 0 Å². The molecule has 0 spiro atoms. The highest BCUT2D eigenvalue weighted by atomic mass is 16.2. The third-order valence-corrected chi connectivity index (χ3v) is 3.10. The van der Waals surface area contributed by atoms with Crippen LogP contribution in [0, 0.1) is 0 Å². The number of carbonyl (C=O) groups is 2. The van der Waals surface area contributed by atoms with Gasteiger partial charge in [0.05, 0.1) is 6.54 Å². The van der Waals surface area contributed by atoms with E-state index in [0.717, 1.165) is 18.8 Å². The number of hydrogen-bond donors (Lipinski definition) is 0. The fourth-order valence-corrected chi connectivity index (χ4v) is 1.89. The molecule has 1 aliphatic rings. The predicted molar refractivity (Wildman–Crippen MR) is 66.3 cm³/mol. The second-order valence-corrected chi connectivity index (χ2v) is 4.34. The molecule has 0 atom stereocenters. The van der Waals surface area contributed by atoms with Crippen LogP contribution in [-0.2, 0) is 4.79 Å². The van der Waals surface area contributed by atoms with Crippen molar-refractivity contribution in [2.45, 2.75) is 6.92 Å². The van der Waals surface area contributed by atoms with Gasteiger partial charge in [-0.2, -0.15) is 0 Å². The molecule has 1 heterocycles. The van der Waals surface area contributed by atoms with Gasteiger partial charge >= 0.3 is 0 Å². The summed E-state index contributed by atoms with van der Waals surface area (Å²) in [6.07, 6.45) is 0. The zero-order valence-electron chi connectivity index (χ0n) is 10.1. The van der Waals surface area contributed by atoms with Gasteiger partial charge < -0.3 is 9.80 Å². The Kier molecular flexibility index (Phi) is 3.13. The van der Waals surface area contributed by atoms with Crippen LogP contribution in [0.5, 0.6) is 0 Å². The quantitative estimate of drug-likeness (QED) is 0.719. The van der Waals surface area contributed by atoms with E-state index in [1.54, 1.807) is 24.0 Å². The summed E-state index contributed by atoms with van der Waals surface area (Å²) in [4.78, 5) is 26.5. The maximum Gasteiger partial charge on any atom is 0.241 e. The van der Waals surface area contributed by atoms with Crippen molar-refractivity contribution >= 4 is 17.4 Å². The molecule has 1 fully saturated rings. The molecule has 1 saturated heterocycles. The standard InChI is InChI=1S/C13H16N2O2/c1-10(16)11-3-5-12(6-4-11)15-8-7-14(2)13(17)9-15/h3-6H,7-9H2,1-2H3. The van der Waals surface area contributed by atoms with Crippen LogP contribution >= 0.6 is 0 Å². The van der Waals surface area contributed by atoms with E-state index >= 15 is 0 Å². The van der Waals surface area contributed by atoms with E-state index in [2.05, 4.69) is 0 Å². The molecule has 90 valence electrons. The summed E-state index contributed by atoms with van der Waals surface area (Å²) < 4.78 is 0. The number of carbonyl (C=O) groups excluding carboxylic acids is 2. The number of nitrogens with zero attached hydrogens (tertiary/aromatic N) is 2. The summed E-state index contributed by atoms with van der Waals surface area (Å²) in [7, 11) is 1.82. The lowest BCUT2D eigenvalue weighted by Gasteiger charge is -2.33. The molecule has 0 saturated carbocycles. The second-order valence-electron chi connectivity index (χ2n) is 4.34. The van der Waals surface area contributed by atoms with Crippen LogP contribution in [0.25, 0.3) is 0 Å². The third-order valence-electron chi connectivity index (χ3n) is 3.10. The number of likely N-dealkylation sites (N-methyl/N-ethyl adjacent to an activating group) is 1. The summed E-state index contributed by atoms with van der Waals surface area (Å²) in [5, 5.41) is 0. The van der Waals surface area contributed by atoms with E-state index < -0.39 is 0 Å². The van der Waals surface area contributed by atoms with Gasteiger partial charge in [0.1, 0.15) is 0 Å². The molecule has 2 rings (SSSR count). The topological polar surface area (TPSA) is 40.6 Å².